The quantitative estimate of drug-likeness (QED) is 0.570. The topological polar surface area (TPSA) is 55.1 Å². The van der Waals surface area contributed by atoms with E-state index in [9.17, 15) is 4.79 Å². The highest BCUT2D eigenvalue weighted by Gasteiger charge is 2.11. The van der Waals surface area contributed by atoms with Crippen LogP contribution in [0.2, 0.25) is 0 Å². The lowest BCUT2D eigenvalue weighted by molar-refractivity contribution is -0.122. The summed E-state index contributed by atoms with van der Waals surface area (Å²) in [6.45, 7) is 0.658. The molecule has 1 amide bonds. The van der Waals surface area contributed by atoms with Gasteiger partial charge in [0.1, 0.15) is 0 Å². The first-order valence-electron chi connectivity index (χ1n) is 5.94. The molecular formula is C13H21ClN2OS2. The average molecular weight is 321 g/mol. The Morgan fingerprint density at radius 3 is 2.63 bits per heavy atom. The van der Waals surface area contributed by atoms with Crippen molar-refractivity contribution in [2.75, 3.05) is 24.3 Å². The Bertz CT molecular complexity index is 352. The number of benzene rings is 1. The van der Waals surface area contributed by atoms with Crippen LogP contribution in [0.1, 0.15) is 6.42 Å². The number of halogens is 1. The van der Waals surface area contributed by atoms with Crippen LogP contribution in [0.3, 0.4) is 0 Å². The Labute approximate surface area is 129 Å². The third kappa shape index (κ3) is 8.42. The second kappa shape index (κ2) is 11.5. The van der Waals surface area contributed by atoms with E-state index in [1.54, 1.807) is 23.5 Å². The van der Waals surface area contributed by atoms with Gasteiger partial charge in [-0.3, -0.25) is 4.79 Å². The maximum atomic E-state index is 11.6. The summed E-state index contributed by atoms with van der Waals surface area (Å²) in [7, 11) is 0. The second-order valence-corrected chi connectivity index (χ2v) is 5.99. The fourth-order valence-corrected chi connectivity index (χ4v) is 2.65. The summed E-state index contributed by atoms with van der Waals surface area (Å²) in [5, 5.41) is 2.87. The van der Waals surface area contributed by atoms with E-state index in [1.807, 2.05) is 24.5 Å². The van der Waals surface area contributed by atoms with Crippen LogP contribution in [0.4, 0.5) is 0 Å². The smallest absolute Gasteiger partial charge is 0.236 e. The van der Waals surface area contributed by atoms with Crippen LogP contribution in [-0.2, 0) is 4.79 Å². The molecule has 0 aliphatic rings. The number of amides is 1. The summed E-state index contributed by atoms with van der Waals surface area (Å²) < 4.78 is 0. The van der Waals surface area contributed by atoms with E-state index in [-0.39, 0.29) is 24.4 Å². The van der Waals surface area contributed by atoms with Crippen molar-refractivity contribution in [3.05, 3.63) is 30.3 Å². The lowest BCUT2D eigenvalue weighted by atomic mass is 10.2. The molecule has 0 saturated carbocycles. The van der Waals surface area contributed by atoms with Gasteiger partial charge in [0.2, 0.25) is 5.91 Å². The van der Waals surface area contributed by atoms with Crippen LogP contribution in [0.25, 0.3) is 0 Å². The Morgan fingerprint density at radius 1 is 1.32 bits per heavy atom. The van der Waals surface area contributed by atoms with E-state index in [4.69, 9.17) is 5.73 Å². The first-order chi connectivity index (χ1) is 8.74. The molecule has 1 aromatic carbocycles. The number of carbonyl (C=O) groups is 1. The molecule has 19 heavy (non-hydrogen) atoms. The van der Waals surface area contributed by atoms with Crippen LogP contribution in [0.5, 0.6) is 0 Å². The number of nitrogens with two attached hydrogens (primary N) is 1. The molecule has 1 aromatic rings. The normalized spacial score (nSPS) is 11.5. The van der Waals surface area contributed by atoms with Crippen molar-refractivity contribution in [1.29, 1.82) is 0 Å². The van der Waals surface area contributed by atoms with Crippen molar-refractivity contribution in [3.8, 4) is 0 Å². The van der Waals surface area contributed by atoms with Gasteiger partial charge in [-0.25, -0.2) is 0 Å². The van der Waals surface area contributed by atoms with Crippen LogP contribution >= 0.6 is 35.9 Å². The van der Waals surface area contributed by atoms with Crippen LogP contribution in [-0.4, -0.2) is 36.3 Å². The zero-order valence-corrected chi connectivity index (χ0v) is 13.5. The molecule has 0 aromatic heterocycles. The number of hydrogen-bond donors (Lipinski definition) is 2. The third-order valence-electron chi connectivity index (χ3n) is 2.38. The van der Waals surface area contributed by atoms with Crippen molar-refractivity contribution in [2.45, 2.75) is 17.4 Å². The monoisotopic (exact) mass is 320 g/mol. The summed E-state index contributed by atoms with van der Waals surface area (Å²) in [6.07, 6.45) is 2.75. The lowest BCUT2D eigenvalue weighted by Gasteiger charge is -2.11. The molecule has 0 radical (unpaired) electrons. The fraction of sp³-hybridized carbons (Fsp3) is 0.462. The number of carbonyl (C=O) groups excluding carboxylic acids is 1. The first kappa shape index (κ1) is 18.6. The van der Waals surface area contributed by atoms with Crippen LogP contribution in [0.15, 0.2) is 35.2 Å². The van der Waals surface area contributed by atoms with E-state index < -0.39 is 0 Å². The van der Waals surface area contributed by atoms with Crippen molar-refractivity contribution >= 4 is 41.8 Å². The number of rotatable bonds is 8. The predicted octanol–water partition coefficient (Wildman–Crippen LogP) is 2.40. The molecule has 0 saturated heterocycles. The highest BCUT2D eigenvalue weighted by Crippen LogP contribution is 2.15. The molecule has 0 fully saturated rings. The van der Waals surface area contributed by atoms with E-state index in [2.05, 4.69) is 17.4 Å². The molecule has 0 heterocycles. The van der Waals surface area contributed by atoms with E-state index in [0.717, 1.165) is 17.9 Å². The fourth-order valence-electron chi connectivity index (χ4n) is 1.37. The molecule has 3 N–H and O–H groups in total. The maximum Gasteiger partial charge on any atom is 0.236 e. The molecule has 1 atom stereocenters. The number of thioether (sulfide) groups is 2. The van der Waals surface area contributed by atoms with Crippen molar-refractivity contribution in [1.82, 2.24) is 5.32 Å². The standard InChI is InChI=1S/C13H20N2OS2.ClH/c1-17-9-7-12(14)13(16)15-8-10-18-11-5-3-2-4-6-11;/h2-6,12H,7-10,14H2,1H3,(H,15,16);1H/t12-;/m0./s1. The molecule has 0 aliphatic heterocycles. The minimum absolute atomic E-state index is 0. The van der Waals surface area contributed by atoms with Gasteiger partial charge in [-0.2, -0.15) is 11.8 Å². The lowest BCUT2D eigenvalue weighted by Crippen LogP contribution is -2.41. The zero-order chi connectivity index (χ0) is 13.2. The second-order valence-electron chi connectivity index (χ2n) is 3.84. The minimum Gasteiger partial charge on any atom is -0.354 e. The van der Waals surface area contributed by atoms with Crippen LogP contribution in [0, 0.1) is 0 Å². The third-order valence-corrected chi connectivity index (χ3v) is 4.04. The van der Waals surface area contributed by atoms with Gasteiger partial charge < -0.3 is 11.1 Å². The zero-order valence-electron chi connectivity index (χ0n) is 11.0. The van der Waals surface area contributed by atoms with Crippen molar-refractivity contribution in [3.63, 3.8) is 0 Å². The summed E-state index contributed by atoms with van der Waals surface area (Å²) in [5.74, 6) is 1.75. The van der Waals surface area contributed by atoms with Gasteiger partial charge >= 0.3 is 0 Å². The van der Waals surface area contributed by atoms with Gasteiger partial charge in [0, 0.05) is 17.2 Å². The molecule has 3 nitrogen and oxygen atoms in total. The molecule has 6 heteroatoms. The van der Waals surface area contributed by atoms with Gasteiger partial charge in [0.25, 0.3) is 0 Å². The van der Waals surface area contributed by atoms with Gasteiger partial charge in [0.05, 0.1) is 6.04 Å². The van der Waals surface area contributed by atoms with Crippen LogP contribution < -0.4 is 11.1 Å². The number of hydrogen-bond acceptors (Lipinski definition) is 4. The summed E-state index contributed by atoms with van der Waals surface area (Å²) in [4.78, 5) is 12.8. The summed E-state index contributed by atoms with van der Waals surface area (Å²) in [5.41, 5.74) is 5.76. The molecule has 0 unspecified atom stereocenters. The highest BCUT2D eigenvalue weighted by atomic mass is 35.5. The Morgan fingerprint density at radius 2 is 2.00 bits per heavy atom. The molecule has 108 valence electrons. The molecule has 0 spiro atoms. The first-order valence-corrected chi connectivity index (χ1v) is 8.32. The van der Waals surface area contributed by atoms with E-state index >= 15 is 0 Å². The summed E-state index contributed by atoms with van der Waals surface area (Å²) >= 11 is 3.44. The molecular weight excluding hydrogens is 300 g/mol. The average Bonchev–Trinajstić information content (AvgIpc) is 2.41. The van der Waals surface area contributed by atoms with Crippen molar-refractivity contribution < 1.29 is 4.79 Å². The van der Waals surface area contributed by atoms with Gasteiger partial charge in [-0.15, -0.1) is 24.2 Å². The summed E-state index contributed by atoms with van der Waals surface area (Å²) in [6, 6.07) is 9.78. The van der Waals surface area contributed by atoms with Gasteiger partial charge in [0.15, 0.2) is 0 Å². The van der Waals surface area contributed by atoms with Gasteiger partial charge in [-0.1, -0.05) is 18.2 Å². The van der Waals surface area contributed by atoms with Crippen molar-refractivity contribution in [2.24, 2.45) is 5.73 Å². The Balaban J connectivity index is 0.00000324. The largest absolute Gasteiger partial charge is 0.354 e. The van der Waals surface area contributed by atoms with E-state index in [1.165, 1.54) is 4.90 Å². The Hall–Kier alpha value is -0.360. The SMILES string of the molecule is CSCC[C@H](N)C(=O)NCCSc1ccccc1.Cl. The maximum absolute atomic E-state index is 11.6. The molecule has 1 rings (SSSR count). The minimum atomic E-state index is -0.376. The van der Waals surface area contributed by atoms with Gasteiger partial charge in [-0.05, 0) is 30.6 Å². The Kier molecular flexibility index (Phi) is 11.2. The highest BCUT2D eigenvalue weighted by molar-refractivity contribution is 7.99. The number of nitrogens with one attached hydrogen (secondary N) is 1. The molecule has 0 bridgehead atoms. The van der Waals surface area contributed by atoms with E-state index in [0.29, 0.717) is 6.54 Å². The predicted molar refractivity (Wildman–Crippen MR) is 88.4 cm³/mol. The molecule has 0 aliphatic carbocycles.